The molecule has 0 saturated carbocycles. The van der Waals surface area contributed by atoms with Crippen LogP contribution in [0.1, 0.15) is 0 Å². The summed E-state index contributed by atoms with van der Waals surface area (Å²) >= 11 is 0. The van der Waals surface area contributed by atoms with Crippen LogP contribution in [-0.2, 0) is 62.2 Å². The molecule has 1 nitrogen and oxygen atoms in total. The second kappa shape index (κ2) is 20.2. The molecule has 0 aromatic heterocycles. The third kappa shape index (κ3) is 9.03. The summed E-state index contributed by atoms with van der Waals surface area (Å²) in [6, 6.07) is 0. The number of rotatable bonds is 0. The van der Waals surface area contributed by atoms with Gasteiger partial charge in [-0.25, -0.2) is 0 Å². The molecular weight excluding hydrogens is 231 g/mol. The molecule has 24 valence electrons. The van der Waals surface area contributed by atoms with Crippen LogP contribution in [-0.4, -0.2) is 5.48 Å². The van der Waals surface area contributed by atoms with Gasteiger partial charge in [-0.05, 0) is 0 Å². The molecule has 2 N–H and O–H groups in total. The van der Waals surface area contributed by atoms with Crippen LogP contribution >= 0.6 is 0 Å². The minimum absolute atomic E-state index is 0. The summed E-state index contributed by atoms with van der Waals surface area (Å²) in [5.41, 5.74) is 0. The van der Waals surface area contributed by atoms with E-state index in [1.807, 2.05) is 0 Å². The van der Waals surface area contributed by atoms with E-state index in [9.17, 15) is 0 Å². The van der Waals surface area contributed by atoms with Gasteiger partial charge in [0.15, 0.2) is 0 Å². The van der Waals surface area contributed by atoms with Crippen molar-refractivity contribution in [2.24, 2.45) is 0 Å². The molecule has 0 aliphatic carbocycles. The quantitative estimate of drug-likeness (QED) is 0.489. The van der Waals surface area contributed by atoms with Crippen LogP contribution in [0.4, 0.5) is 0 Å². The van der Waals surface area contributed by atoms with E-state index in [4.69, 9.17) is 0 Å². The summed E-state index contributed by atoms with van der Waals surface area (Å²) in [7, 11) is 0. The molecule has 0 aliphatic rings. The Morgan fingerprint density at radius 1 is 1.00 bits per heavy atom. The molecule has 0 fully saturated rings. The molecule has 0 radical (unpaired) electrons. The van der Waals surface area contributed by atoms with Crippen LogP contribution in [0.15, 0.2) is 0 Å². The molecular formula is H2NiOZnZr. The first-order valence-corrected chi connectivity index (χ1v) is 0. The van der Waals surface area contributed by atoms with Gasteiger partial charge in [0.2, 0.25) is 0 Å². The minimum Gasteiger partial charge on any atom is -0.412 e. The Hall–Kier alpha value is 1.96. The van der Waals surface area contributed by atoms with Gasteiger partial charge >= 0.3 is 0 Å². The molecule has 0 aliphatic heterocycles. The topological polar surface area (TPSA) is 31.5 Å². The predicted molar refractivity (Wildman–Crippen MR) is 3.61 cm³/mol. The second-order valence-electron chi connectivity index (χ2n) is 0. The van der Waals surface area contributed by atoms with Crippen molar-refractivity contribution in [1.82, 2.24) is 0 Å². The summed E-state index contributed by atoms with van der Waals surface area (Å²) in [5.74, 6) is 0. The normalized spacial score (nSPS) is 0. The Labute approximate surface area is 67.0 Å². The molecule has 0 saturated heterocycles. The fourth-order valence-electron chi connectivity index (χ4n) is 0. The fraction of sp³-hybridized carbons (Fsp3) is 0. The van der Waals surface area contributed by atoms with Gasteiger partial charge in [-0.3, -0.25) is 0 Å². The summed E-state index contributed by atoms with van der Waals surface area (Å²) in [6.45, 7) is 0. The van der Waals surface area contributed by atoms with Crippen molar-refractivity contribution in [2.45, 2.75) is 0 Å². The van der Waals surface area contributed by atoms with Crippen LogP contribution in [0.5, 0.6) is 0 Å². The Morgan fingerprint density at radius 3 is 1.00 bits per heavy atom. The average molecular weight is 233 g/mol. The summed E-state index contributed by atoms with van der Waals surface area (Å²) in [4.78, 5) is 0. The van der Waals surface area contributed by atoms with Gasteiger partial charge in [0, 0.05) is 62.2 Å². The minimum atomic E-state index is 0. The standard InChI is InChI=1S/Ni.H2O.Zn.Zr/h;1H2;;. The average Bonchev–Trinajstić information content (AvgIpc) is 0. The maximum absolute atomic E-state index is 0. The van der Waals surface area contributed by atoms with Crippen molar-refractivity contribution in [1.29, 1.82) is 0 Å². The number of hydrogen-bond acceptors (Lipinski definition) is 0. The van der Waals surface area contributed by atoms with Crippen molar-refractivity contribution < 1.29 is 67.6 Å². The Kier molecular flexibility index (Phi) is 193. The Morgan fingerprint density at radius 2 is 1.00 bits per heavy atom. The molecule has 4 heteroatoms. The summed E-state index contributed by atoms with van der Waals surface area (Å²) in [6.07, 6.45) is 0. The third-order valence-electron chi connectivity index (χ3n) is 0. The Balaban J connectivity index is 0. The first-order valence-electron chi connectivity index (χ1n) is 0. The van der Waals surface area contributed by atoms with Gasteiger partial charge in [0.05, 0.1) is 0 Å². The van der Waals surface area contributed by atoms with E-state index in [1.165, 1.54) is 0 Å². The van der Waals surface area contributed by atoms with E-state index in [0.717, 1.165) is 0 Å². The molecule has 0 unspecified atom stereocenters. The zero-order valence-corrected chi connectivity index (χ0v) is 8.44. The van der Waals surface area contributed by atoms with Crippen LogP contribution in [0.2, 0.25) is 0 Å². The van der Waals surface area contributed by atoms with Crippen molar-refractivity contribution in [3.63, 3.8) is 0 Å². The van der Waals surface area contributed by atoms with E-state index in [0.29, 0.717) is 0 Å². The summed E-state index contributed by atoms with van der Waals surface area (Å²) < 4.78 is 0. The zero-order chi connectivity index (χ0) is 0. The monoisotopic (exact) mass is 230 g/mol. The third-order valence-corrected chi connectivity index (χ3v) is 0. The van der Waals surface area contributed by atoms with Crippen LogP contribution in [0, 0.1) is 0 Å². The molecule has 0 amide bonds. The smallest absolute Gasteiger partial charge is 0 e. The summed E-state index contributed by atoms with van der Waals surface area (Å²) in [5, 5.41) is 0. The maximum atomic E-state index is 0. The van der Waals surface area contributed by atoms with Crippen LogP contribution < -0.4 is 0 Å². The fourth-order valence-corrected chi connectivity index (χ4v) is 0. The first kappa shape index (κ1) is 38.2. The van der Waals surface area contributed by atoms with E-state index in [1.54, 1.807) is 0 Å². The predicted octanol–water partition coefficient (Wildman–Crippen LogP) is -0.832. The molecule has 0 aromatic carbocycles. The molecule has 0 bridgehead atoms. The molecule has 0 heterocycles. The molecule has 4 heavy (non-hydrogen) atoms. The van der Waals surface area contributed by atoms with Crippen LogP contribution in [0.25, 0.3) is 0 Å². The number of hydrogen-bond donors (Lipinski definition) is 0. The first-order chi connectivity index (χ1) is 0. The molecule has 0 atom stereocenters. The van der Waals surface area contributed by atoms with Crippen molar-refractivity contribution in [3.8, 4) is 0 Å². The van der Waals surface area contributed by atoms with E-state index in [-0.39, 0.29) is 67.6 Å². The largest absolute Gasteiger partial charge is 0.412 e. The van der Waals surface area contributed by atoms with Gasteiger partial charge in [0.1, 0.15) is 0 Å². The van der Waals surface area contributed by atoms with Crippen LogP contribution in [0.3, 0.4) is 0 Å². The SMILES string of the molecule is O.[Ni].[Zn].[Zr]. The molecule has 0 aromatic rings. The van der Waals surface area contributed by atoms with Gasteiger partial charge in [-0.1, -0.05) is 0 Å². The van der Waals surface area contributed by atoms with Crippen molar-refractivity contribution in [2.75, 3.05) is 0 Å². The van der Waals surface area contributed by atoms with Gasteiger partial charge in [-0.2, -0.15) is 0 Å². The zero-order valence-electron chi connectivity index (χ0n) is 2.02. The molecule has 0 spiro atoms. The van der Waals surface area contributed by atoms with E-state index in [2.05, 4.69) is 0 Å². The second-order valence-corrected chi connectivity index (χ2v) is 0. The van der Waals surface area contributed by atoms with E-state index < -0.39 is 0 Å². The van der Waals surface area contributed by atoms with Gasteiger partial charge < -0.3 is 5.48 Å². The van der Waals surface area contributed by atoms with Gasteiger partial charge in [-0.15, -0.1) is 0 Å². The van der Waals surface area contributed by atoms with E-state index >= 15 is 0 Å². The van der Waals surface area contributed by atoms with Crippen molar-refractivity contribution in [3.05, 3.63) is 0 Å². The van der Waals surface area contributed by atoms with Crippen molar-refractivity contribution >= 4 is 0 Å². The van der Waals surface area contributed by atoms with Gasteiger partial charge in [0.25, 0.3) is 0 Å². The Bertz CT molecular complexity index is 8.00. The molecule has 0 rings (SSSR count). The maximum Gasteiger partial charge on any atom is 0 e.